The number of aromatic amines is 1. The number of piperazine rings is 1. The van der Waals surface area contributed by atoms with Crippen LogP contribution in [0.4, 0.5) is 0 Å². The summed E-state index contributed by atoms with van der Waals surface area (Å²) in [4.78, 5) is 24.9. The second-order valence-corrected chi connectivity index (χ2v) is 6.50. The molecule has 0 bridgehead atoms. The molecule has 2 aromatic carbocycles. The van der Waals surface area contributed by atoms with Gasteiger partial charge in [-0.15, -0.1) is 0 Å². The van der Waals surface area contributed by atoms with Crippen LogP contribution < -0.4 is 4.74 Å². The first-order chi connectivity index (χ1) is 12.7. The molecule has 6 heteroatoms. The fourth-order valence-electron chi connectivity index (χ4n) is 3.32. The minimum Gasteiger partial charge on any atom is -0.497 e. The highest BCUT2D eigenvalue weighted by molar-refractivity contribution is 5.94. The number of nitrogens with zero attached hydrogens (tertiary/aromatic N) is 3. The summed E-state index contributed by atoms with van der Waals surface area (Å²) in [5.41, 5.74) is 2.77. The lowest BCUT2D eigenvalue weighted by molar-refractivity contribution is 0.0626. The number of aromatic nitrogens is 2. The lowest BCUT2D eigenvalue weighted by atomic mass is 10.1. The molecule has 1 aliphatic rings. The van der Waals surface area contributed by atoms with Crippen LogP contribution in [0.5, 0.6) is 5.75 Å². The zero-order valence-corrected chi connectivity index (χ0v) is 14.8. The molecule has 4 rings (SSSR count). The first kappa shape index (κ1) is 16.6. The quantitative estimate of drug-likeness (QED) is 0.785. The van der Waals surface area contributed by atoms with E-state index in [1.165, 1.54) is 0 Å². The molecule has 1 N–H and O–H groups in total. The molecule has 26 heavy (non-hydrogen) atoms. The summed E-state index contributed by atoms with van der Waals surface area (Å²) in [7, 11) is 1.62. The predicted octanol–water partition coefficient (Wildman–Crippen LogP) is 2.53. The number of imidazole rings is 1. The summed E-state index contributed by atoms with van der Waals surface area (Å²) in [6.07, 6.45) is 0. The summed E-state index contributed by atoms with van der Waals surface area (Å²) >= 11 is 0. The van der Waals surface area contributed by atoms with Crippen molar-refractivity contribution >= 4 is 16.9 Å². The van der Waals surface area contributed by atoms with Crippen molar-refractivity contribution in [2.24, 2.45) is 0 Å². The number of hydrogen-bond acceptors (Lipinski definition) is 4. The Morgan fingerprint density at radius 3 is 2.50 bits per heavy atom. The molecule has 134 valence electrons. The Morgan fingerprint density at radius 2 is 1.81 bits per heavy atom. The fraction of sp³-hybridized carbons (Fsp3) is 0.300. The number of carbonyl (C=O) groups is 1. The third kappa shape index (κ3) is 3.41. The molecule has 1 aliphatic heterocycles. The highest BCUT2D eigenvalue weighted by Gasteiger charge is 2.22. The Balaban J connectivity index is 1.35. The number of amides is 1. The van der Waals surface area contributed by atoms with Gasteiger partial charge in [0.25, 0.3) is 5.91 Å². The van der Waals surface area contributed by atoms with Crippen molar-refractivity contribution in [3.63, 3.8) is 0 Å². The summed E-state index contributed by atoms with van der Waals surface area (Å²) in [6.45, 7) is 3.92. The monoisotopic (exact) mass is 350 g/mol. The smallest absolute Gasteiger partial charge is 0.253 e. The zero-order valence-electron chi connectivity index (χ0n) is 14.8. The number of hydrogen-bond donors (Lipinski definition) is 1. The van der Waals surface area contributed by atoms with E-state index in [9.17, 15) is 4.79 Å². The molecule has 0 spiro atoms. The number of fused-ring (bicyclic) bond motifs is 1. The minimum atomic E-state index is 0.0797. The van der Waals surface area contributed by atoms with Gasteiger partial charge in [-0.25, -0.2) is 4.98 Å². The van der Waals surface area contributed by atoms with Gasteiger partial charge in [-0.1, -0.05) is 12.1 Å². The van der Waals surface area contributed by atoms with Gasteiger partial charge in [0.1, 0.15) is 11.6 Å². The molecule has 6 nitrogen and oxygen atoms in total. The fourth-order valence-corrected chi connectivity index (χ4v) is 3.32. The maximum absolute atomic E-state index is 12.6. The Hall–Kier alpha value is -2.86. The van der Waals surface area contributed by atoms with Gasteiger partial charge in [0.2, 0.25) is 0 Å². The van der Waals surface area contributed by atoms with Crippen molar-refractivity contribution in [2.75, 3.05) is 33.3 Å². The van der Waals surface area contributed by atoms with Gasteiger partial charge >= 0.3 is 0 Å². The number of H-pyrrole nitrogens is 1. The Bertz CT molecular complexity index is 863. The predicted molar refractivity (Wildman–Crippen MR) is 100 cm³/mol. The minimum absolute atomic E-state index is 0.0797. The summed E-state index contributed by atoms with van der Waals surface area (Å²) in [5, 5.41) is 0. The first-order valence-electron chi connectivity index (χ1n) is 8.82. The maximum Gasteiger partial charge on any atom is 0.253 e. The average molecular weight is 350 g/mol. The highest BCUT2D eigenvalue weighted by Crippen LogP contribution is 2.16. The molecule has 3 aromatic rings. The van der Waals surface area contributed by atoms with Crippen LogP contribution in [0.2, 0.25) is 0 Å². The maximum atomic E-state index is 12.6. The van der Waals surface area contributed by atoms with Crippen LogP contribution in [0.3, 0.4) is 0 Å². The van der Waals surface area contributed by atoms with E-state index in [0.29, 0.717) is 5.56 Å². The van der Waals surface area contributed by atoms with E-state index < -0.39 is 0 Å². The van der Waals surface area contributed by atoms with E-state index in [1.807, 2.05) is 53.4 Å². The molecule has 0 saturated carbocycles. The highest BCUT2D eigenvalue weighted by atomic mass is 16.5. The summed E-state index contributed by atoms with van der Waals surface area (Å²) in [5.74, 6) is 1.81. The molecule has 0 radical (unpaired) electrons. The second-order valence-electron chi connectivity index (χ2n) is 6.50. The van der Waals surface area contributed by atoms with E-state index in [4.69, 9.17) is 4.74 Å². The van der Waals surface area contributed by atoms with Gasteiger partial charge < -0.3 is 14.6 Å². The largest absolute Gasteiger partial charge is 0.497 e. The van der Waals surface area contributed by atoms with Crippen LogP contribution in [-0.2, 0) is 6.54 Å². The number of ether oxygens (including phenoxy) is 1. The molecular weight excluding hydrogens is 328 g/mol. The average Bonchev–Trinajstić information content (AvgIpc) is 3.10. The van der Waals surface area contributed by atoms with Crippen LogP contribution >= 0.6 is 0 Å². The number of rotatable bonds is 4. The van der Waals surface area contributed by atoms with Crippen LogP contribution in [0, 0.1) is 0 Å². The van der Waals surface area contributed by atoms with Crippen molar-refractivity contribution < 1.29 is 9.53 Å². The molecule has 1 amide bonds. The number of methoxy groups -OCH3 is 1. The lowest BCUT2D eigenvalue weighted by Crippen LogP contribution is -2.48. The van der Waals surface area contributed by atoms with Crippen LogP contribution in [0.1, 0.15) is 16.2 Å². The zero-order chi connectivity index (χ0) is 17.9. The Morgan fingerprint density at radius 1 is 1.08 bits per heavy atom. The van der Waals surface area contributed by atoms with Gasteiger partial charge in [-0.2, -0.15) is 0 Å². The van der Waals surface area contributed by atoms with Gasteiger partial charge in [0.15, 0.2) is 0 Å². The molecule has 0 atom stereocenters. The number of benzene rings is 2. The molecule has 0 unspecified atom stereocenters. The molecule has 2 heterocycles. The number of nitrogens with one attached hydrogen (secondary N) is 1. The van der Waals surface area contributed by atoms with Gasteiger partial charge in [-0.05, 0) is 36.4 Å². The molecule has 1 saturated heterocycles. The molecular formula is C20H22N4O2. The lowest BCUT2D eigenvalue weighted by Gasteiger charge is -2.34. The molecule has 1 fully saturated rings. The van der Waals surface area contributed by atoms with Crippen molar-refractivity contribution in [2.45, 2.75) is 6.54 Å². The molecule has 0 aliphatic carbocycles. The number of para-hydroxylation sites is 2. The van der Waals surface area contributed by atoms with E-state index in [2.05, 4.69) is 14.9 Å². The SMILES string of the molecule is COc1ccc(C(=O)N2CCN(Cc3nc4ccccc4[nH]3)CC2)cc1. The molecule has 1 aromatic heterocycles. The van der Waals surface area contributed by atoms with Crippen molar-refractivity contribution in [1.82, 2.24) is 19.8 Å². The van der Waals surface area contributed by atoms with Crippen LogP contribution in [0.15, 0.2) is 48.5 Å². The van der Waals surface area contributed by atoms with Crippen molar-refractivity contribution in [3.8, 4) is 5.75 Å². The van der Waals surface area contributed by atoms with E-state index in [-0.39, 0.29) is 5.91 Å². The standard InChI is InChI=1S/C20H22N4O2/c1-26-16-8-6-15(7-9-16)20(25)24-12-10-23(11-13-24)14-19-21-17-4-2-3-5-18(17)22-19/h2-9H,10-14H2,1H3,(H,21,22). The van der Waals surface area contributed by atoms with E-state index >= 15 is 0 Å². The third-order valence-corrected chi connectivity index (χ3v) is 4.81. The topological polar surface area (TPSA) is 61.5 Å². The van der Waals surface area contributed by atoms with Crippen molar-refractivity contribution in [1.29, 1.82) is 0 Å². The second kappa shape index (κ2) is 7.17. The Labute approximate surface area is 152 Å². The first-order valence-corrected chi connectivity index (χ1v) is 8.82. The number of carbonyl (C=O) groups excluding carboxylic acids is 1. The van der Waals surface area contributed by atoms with E-state index in [1.54, 1.807) is 7.11 Å². The van der Waals surface area contributed by atoms with Gasteiger partial charge in [-0.3, -0.25) is 9.69 Å². The summed E-state index contributed by atoms with van der Waals surface area (Å²) < 4.78 is 5.15. The van der Waals surface area contributed by atoms with Crippen LogP contribution in [-0.4, -0.2) is 59.0 Å². The third-order valence-electron chi connectivity index (χ3n) is 4.81. The van der Waals surface area contributed by atoms with Crippen molar-refractivity contribution in [3.05, 3.63) is 59.9 Å². The van der Waals surface area contributed by atoms with Crippen LogP contribution in [0.25, 0.3) is 11.0 Å². The van der Waals surface area contributed by atoms with Gasteiger partial charge in [0.05, 0.1) is 24.7 Å². The van der Waals surface area contributed by atoms with E-state index in [0.717, 1.165) is 55.3 Å². The van der Waals surface area contributed by atoms with Gasteiger partial charge in [0, 0.05) is 31.7 Å². The Kier molecular flexibility index (Phi) is 4.58. The summed E-state index contributed by atoms with van der Waals surface area (Å²) in [6, 6.07) is 15.3. The normalized spacial score (nSPS) is 15.3.